The Morgan fingerprint density at radius 1 is 0.969 bits per heavy atom. The van der Waals surface area contributed by atoms with E-state index in [1.54, 1.807) is 12.1 Å². The first-order chi connectivity index (χ1) is 15.3. The lowest BCUT2D eigenvalue weighted by Crippen LogP contribution is -2.48. The molecule has 2 heterocycles. The Labute approximate surface area is 184 Å². The fraction of sp³-hybridized carbons (Fsp3) is 0.391. The summed E-state index contributed by atoms with van der Waals surface area (Å²) in [7, 11) is -3.46. The van der Waals surface area contributed by atoms with E-state index in [1.807, 2.05) is 0 Å². The van der Waals surface area contributed by atoms with E-state index in [4.69, 9.17) is 4.74 Å². The fourth-order valence-corrected chi connectivity index (χ4v) is 6.44. The molecular formula is C23H23F3N2O3S. The van der Waals surface area contributed by atoms with Crippen molar-refractivity contribution in [2.75, 3.05) is 13.2 Å². The number of halogens is 3. The van der Waals surface area contributed by atoms with Crippen LogP contribution in [-0.2, 0) is 14.8 Å². The summed E-state index contributed by atoms with van der Waals surface area (Å²) in [6.45, 7) is 0.874. The highest BCUT2D eigenvalue weighted by Crippen LogP contribution is 2.46. The van der Waals surface area contributed by atoms with E-state index >= 15 is 0 Å². The second-order valence-electron chi connectivity index (χ2n) is 8.57. The van der Waals surface area contributed by atoms with Crippen LogP contribution in [0.5, 0.6) is 0 Å². The van der Waals surface area contributed by atoms with Crippen LogP contribution >= 0.6 is 0 Å². The molecule has 1 aliphatic carbocycles. The summed E-state index contributed by atoms with van der Waals surface area (Å²) in [4.78, 5) is 3.04. The van der Waals surface area contributed by atoms with Crippen LogP contribution in [0.1, 0.15) is 37.2 Å². The first-order valence-corrected chi connectivity index (χ1v) is 12.2. The van der Waals surface area contributed by atoms with Gasteiger partial charge in [0.1, 0.15) is 17.5 Å². The number of H-pyrrole nitrogens is 1. The Morgan fingerprint density at radius 2 is 1.66 bits per heavy atom. The van der Waals surface area contributed by atoms with Crippen molar-refractivity contribution < 1.29 is 26.3 Å². The van der Waals surface area contributed by atoms with Crippen molar-refractivity contribution in [2.45, 2.75) is 42.9 Å². The van der Waals surface area contributed by atoms with Crippen LogP contribution in [0.4, 0.5) is 13.2 Å². The van der Waals surface area contributed by atoms with Crippen LogP contribution in [0.15, 0.2) is 36.4 Å². The average Bonchev–Trinajstić information content (AvgIpc) is 3.11. The zero-order chi connectivity index (χ0) is 22.5. The van der Waals surface area contributed by atoms with Crippen LogP contribution in [0.2, 0.25) is 0 Å². The molecule has 0 bridgehead atoms. The topological polar surface area (TPSA) is 71.2 Å². The van der Waals surface area contributed by atoms with Crippen molar-refractivity contribution in [1.82, 2.24) is 9.71 Å². The number of aromatic nitrogens is 1. The van der Waals surface area contributed by atoms with Crippen molar-refractivity contribution in [2.24, 2.45) is 0 Å². The zero-order valence-electron chi connectivity index (χ0n) is 17.2. The van der Waals surface area contributed by atoms with Crippen molar-refractivity contribution >= 4 is 20.9 Å². The van der Waals surface area contributed by atoms with Crippen molar-refractivity contribution in [3.8, 4) is 11.3 Å². The minimum absolute atomic E-state index is 0.0904. The van der Waals surface area contributed by atoms with Crippen LogP contribution in [0.25, 0.3) is 22.2 Å². The smallest absolute Gasteiger partial charge is 0.214 e. The molecule has 5 nitrogen and oxygen atoms in total. The third-order valence-corrected chi connectivity index (χ3v) is 8.49. The lowest BCUT2D eigenvalue weighted by Gasteiger charge is -2.37. The molecular weight excluding hydrogens is 441 g/mol. The first kappa shape index (κ1) is 21.5. The Hall–Kier alpha value is -2.36. The normalized spacial score (nSPS) is 22.2. The fourth-order valence-electron chi connectivity index (χ4n) is 4.77. The van der Waals surface area contributed by atoms with Crippen molar-refractivity contribution in [3.05, 3.63) is 59.4 Å². The molecule has 0 amide bonds. The Balaban J connectivity index is 1.44. The lowest BCUT2D eigenvalue weighted by molar-refractivity contribution is 0.0979. The quantitative estimate of drug-likeness (QED) is 0.580. The molecule has 5 rings (SSSR count). The average molecular weight is 465 g/mol. The maximum atomic E-state index is 14.5. The Bertz CT molecular complexity index is 1250. The Kier molecular flexibility index (Phi) is 5.51. The molecule has 1 aliphatic heterocycles. The molecule has 1 aromatic heterocycles. The number of ether oxygens (including phenoxy) is 1. The minimum Gasteiger partial charge on any atom is -0.381 e. The predicted molar refractivity (Wildman–Crippen MR) is 115 cm³/mol. The SMILES string of the molecule is O=S(=O)(NC1CC(c2c(-c3ccc(F)cc3)[nH]c3c(F)cc(F)cc23)C1)C1CCOCC1. The lowest BCUT2D eigenvalue weighted by atomic mass is 9.74. The summed E-state index contributed by atoms with van der Waals surface area (Å²) in [5, 5.41) is -0.0288. The maximum Gasteiger partial charge on any atom is 0.214 e. The van der Waals surface area contributed by atoms with Gasteiger partial charge in [-0.25, -0.2) is 26.3 Å². The van der Waals surface area contributed by atoms with E-state index in [2.05, 4.69) is 9.71 Å². The number of hydrogen-bond donors (Lipinski definition) is 2. The van der Waals surface area contributed by atoms with Crippen molar-refractivity contribution in [1.29, 1.82) is 0 Å². The molecule has 0 spiro atoms. The molecule has 2 N–H and O–H groups in total. The second-order valence-corrected chi connectivity index (χ2v) is 10.6. The highest BCUT2D eigenvalue weighted by molar-refractivity contribution is 7.90. The zero-order valence-corrected chi connectivity index (χ0v) is 18.0. The molecule has 0 atom stereocenters. The third-order valence-electron chi connectivity index (χ3n) is 6.48. The molecule has 2 fully saturated rings. The maximum absolute atomic E-state index is 14.5. The number of rotatable bonds is 5. The second kappa shape index (κ2) is 8.20. The number of sulfonamides is 1. The summed E-state index contributed by atoms with van der Waals surface area (Å²) in [6, 6.07) is 7.67. The van der Waals surface area contributed by atoms with Gasteiger partial charge in [-0.15, -0.1) is 0 Å². The molecule has 1 saturated carbocycles. The van der Waals surface area contributed by atoms with Gasteiger partial charge in [-0.1, -0.05) is 0 Å². The van der Waals surface area contributed by atoms with Gasteiger partial charge in [0.15, 0.2) is 0 Å². The van der Waals surface area contributed by atoms with Gasteiger partial charge >= 0.3 is 0 Å². The van der Waals surface area contributed by atoms with Crippen LogP contribution in [0, 0.1) is 17.5 Å². The number of fused-ring (bicyclic) bond motifs is 1. The van der Waals surface area contributed by atoms with Gasteiger partial charge in [0.2, 0.25) is 10.0 Å². The standard InChI is InChI=1S/C23H23F3N2O3S/c24-15-3-1-13(2-4-15)22-21(19-11-16(25)12-20(26)23(19)27-22)14-9-17(10-14)28-32(29,30)18-5-7-31-8-6-18/h1-4,11-12,14,17-18,27-28H,5-10H2. The van der Waals surface area contributed by atoms with E-state index in [1.165, 1.54) is 18.2 Å². The van der Waals surface area contributed by atoms with Gasteiger partial charge in [-0.05, 0) is 73.1 Å². The molecule has 170 valence electrons. The number of aromatic amines is 1. The van der Waals surface area contributed by atoms with Crippen LogP contribution in [-0.4, -0.2) is 37.9 Å². The summed E-state index contributed by atoms with van der Waals surface area (Å²) < 4.78 is 75.4. The largest absolute Gasteiger partial charge is 0.381 e. The van der Waals surface area contributed by atoms with Gasteiger partial charge in [0.25, 0.3) is 0 Å². The number of nitrogens with one attached hydrogen (secondary N) is 2. The molecule has 32 heavy (non-hydrogen) atoms. The van der Waals surface area contributed by atoms with Gasteiger partial charge in [-0.3, -0.25) is 0 Å². The molecule has 0 unspecified atom stereocenters. The van der Waals surface area contributed by atoms with Gasteiger partial charge < -0.3 is 9.72 Å². The molecule has 0 radical (unpaired) electrons. The van der Waals surface area contributed by atoms with Crippen LogP contribution < -0.4 is 4.72 Å². The molecule has 2 aliphatic rings. The minimum atomic E-state index is -3.46. The Morgan fingerprint density at radius 3 is 2.34 bits per heavy atom. The van der Waals surface area contributed by atoms with Crippen molar-refractivity contribution in [3.63, 3.8) is 0 Å². The molecule has 9 heteroatoms. The number of benzene rings is 2. The van der Waals surface area contributed by atoms with E-state index in [0.29, 0.717) is 55.5 Å². The third kappa shape index (κ3) is 3.93. The van der Waals surface area contributed by atoms with Gasteiger partial charge in [-0.2, -0.15) is 0 Å². The summed E-state index contributed by atoms with van der Waals surface area (Å²) in [5.74, 6) is -1.87. The monoisotopic (exact) mass is 464 g/mol. The highest BCUT2D eigenvalue weighted by atomic mass is 32.2. The van der Waals surface area contributed by atoms with E-state index < -0.39 is 32.7 Å². The molecule has 1 saturated heterocycles. The summed E-state index contributed by atoms with van der Waals surface area (Å²) in [6.07, 6.45) is 1.98. The van der Waals surface area contributed by atoms with Gasteiger partial charge in [0, 0.05) is 30.7 Å². The predicted octanol–water partition coefficient (Wildman–Crippen LogP) is 4.60. The number of hydrogen-bond acceptors (Lipinski definition) is 3. The molecule has 2 aromatic carbocycles. The molecule has 3 aromatic rings. The van der Waals surface area contributed by atoms with Gasteiger partial charge in [0.05, 0.1) is 16.5 Å². The van der Waals surface area contributed by atoms with E-state index in [-0.39, 0.29) is 17.5 Å². The summed E-state index contributed by atoms with van der Waals surface area (Å²) >= 11 is 0. The van der Waals surface area contributed by atoms with E-state index in [0.717, 1.165) is 11.6 Å². The first-order valence-electron chi connectivity index (χ1n) is 10.7. The van der Waals surface area contributed by atoms with E-state index in [9.17, 15) is 21.6 Å². The highest BCUT2D eigenvalue weighted by Gasteiger charge is 2.38. The van der Waals surface area contributed by atoms with Crippen LogP contribution in [0.3, 0.4) is 0 Å². The summed E-state index contributed by atoms with van der Waals surface area (Å²) in [5.41, 5.74) is 2.17.